The maximum atomic E-state index is 2.48. The van der Waals surface area contributed by atoms with Gasteiger partial charge in [0.05, 0.1) is 0 Å². The molecule has 0 aromatic rings. The zero-order valence-electron chi connectivity index (χ0n) is 9.95. The van der Waals surface area contributed by atoms with Gasteiger partial charge in [-0.2, -0.15) is 0 Å². The van der Waals surface area contributed by atoms with Gasteiger partial charge in [-0.25, -0.2) is 0 Å². The van der Waals surface area contributed by atoms with E-state index >= 15 is 0 Å². The molecule has 1 fully saturated rings. The maximum Gasteiger partial charge on any atom is 0.0359 e. The van der Waals surface area contributed by atoms with Crippen LogP contribution in [-0.4, -0.2) is 42.5 Å². The Morgan fingerprint density at radius 2 is 2.33 bits per heavy atom. The molecule has 2 heterocycles. The standard InChI is InChI=1S/C13H22N2/c1-3-8-15-10-4-6-12(11-15)13-7-5-9-14(13)2/h4,6,11,13H,3,5,7-10H2,1-2H3. The molecular weight excluding hydrogens is 184 g/mol. The second kappa shape index (κ2) is 4.84. The van der Waals surface area contributed by atoms with E-state index in [1.807, 2.05) is 0 Å². The molecule has 84 valence electrons. The molecule has 0 aromatic carbocycles. The number of hydrogen-bond acceptors (Lipinski definition) is 2. The van der Waals surface area contributed by atoms with Crippen LogP contribution < -0.4 is 0 Å². The molecule has 0 spiro atoms. The largest absolute Gasteiger partial charge is 0.373 e. The summed E-state index contributed by atoms with van der Waals surface area (Å²) < 4.78 is 0. The Kier molecular flexibility index (Phi) is 3.47. The summed E-state index contributed by atoms with van der Waals surface area (Å²) >= 11 is 0. The molecule has 1 saturated heterocycles. The molecular formula is C13H22N2. The molecule has 2 aliphatic heterocycles. The zero-order valence-corrected chi connectivity index (χ0v) is 9.95. The minimum absolute atomic E-state index is 0.668. The van der Waals surface area contributed by atoms with Crippen molar-refractivity contribution in [2.45, 2.75) is 32.2 Å². The quantitative estimate of drug-likeness (QED) is 0.699. The predicted molar refractivity (Wildman–Crippen MR) is 64.7 cm³/mol. The first-order chi connectivity index (χ1) is 7.31. The summed E-state index contributed by atoms with van der Waals surface area (Å²) in [6, 6.07) is 0.668. The summed E-state index contributed by atoms with van der Waals surface area (Å²) in [7, 11) is 2.24. The summed E-state index contributed by atoms with van der Waals surface area (Å²) in [5.41, 5.74) is 1.51. The first-order valence-electron chi connectivity index (χ1n) is 6.14. The topological polar surface area (TPSA) is 6.48 Å². The van der Waals surface area contributed by atoms with Crippen LogP contribution in [0.4, 0.5) is 0 Å². The highest BCUT2D eigenvalue weighted by Gasteiger charge is 2.24. The van der Waals surface area contributed by atoms with Crippen molar-refractivity contribution in [2.24, 2.45) is 0 Å². The van der Waals surface area contributed by atoms with Gasteiger partial charge in [0.2, 0.25) is 0 Å². The van der Waals surface area contributed by atoms with Gasteiger partial charge in [0.15, 0.2) is 0 Å². The summed E-state index contributed by atoms with van der Waals surface area (Å²) in [5.74, 6) is 0. The molecule has 0 bridgehead atoms. The first kappa shape index (κ1) is 10.7. The lowest BCUT2D eigenvalue weighted by molar-refractivity contribution is 0.336. The average molecular weight is 206 g/mol. The Labute approximate surface area is 93.2 Å². The van der Waals surface area contributed by atoms with Gasteiger partial charge in [-0.05, 0) is 38.4 Å². The van der Waals surface area contributed by atoms with Gasteiger partial charge in [0.25, 0.3) is 0 Å². The molecule has 0 amide bonds. The van der Waals surface area contributed by atoms with Crippen LogP contribution in [0.3, 0.4) is 0 Å². The van der Waals surface area contributed by atoms with Gasteiger partial charge in [-0.15, -0.1) is 0 Å². The molecule has 0 saturated carbocycles. The lowest BCUT2D eigenvalue weighted by atomic mass is 10.0. The SMILES string of the molecule is CCCN1C=C(C2CCCN2C)C=CC1. The summed E-state index contributed by atoms with van der Waals surface area (Å²) in [6.45, 7) is 5.77. The molecule has 0 radical (unpaired) electrons. The van der Waals surface area contributed by atoms with Crippen molar-refractivity contribution in [3.63, 3.8) is 0 Å². The van der Waals surface area contributed by atoms with Crippen molar-refractivity contribution < 1.29 is 0 Å². The molecule has 0 N–H and O–H groups in total. The van der Waals surface area contributed by atoms with Gasteiger partial charge in [-0.1, -0.05) is 19.1 Å². The summed E-state index contributed by atoms with van der Waals surface area (Å²) in [4.78, 5) is 4.91. The first-order valence-corrected chi connectivity index (χ1v) is 6.14. The number of likely N-dealkylation sites (N-methyl/N-ethyl adjacent to an activating group) is 1. The van der Waals surface area contributed by atoms with E-state index in [9.17, 15) is 0 Å². The van der Waals surface area contributed by atoms with E-state index in [0.29, 0.717) is 6.04 Å². The van der Waals surface area contributed by atoms with Crippen LogP contribution in [0.15, 0.2) is 23.9 Å². The van der Waals surface area contributed by atoms with Crippen LogP contribution in [-0.2, 0) is 0 Å². The van der Waals surface area contributed by atoms with E-state index in [0.717, 1.165) is 6.54 Å². The molecule has 2 heteroatoms. The molecule has 2 rings (SSSR count). The second-order valence-corrected chi connectivity index (χ2v) is 4.67. The van der Waals surface area contributed by atoms with Crippen LogP contribution in [0, 0.1) is 0 Å². The Morgan fingerprint density at radius 1 is 1.47 bits per heavy atom. The Morgan fingerprint density at radius 3 is 3.00 bits per heavy atom. The molecule has 0 aromatic heterocycles. The van der Waals surface area contributed by atoms with Crippen molar-refractivity contribution in [3.8, 4) is 0 Å². The van der Waals surface area contributed by atoms with Gasteiger partial charge < -0.3 is 4.90 Å². The fourth-order valence-corrected chi connectivity index (χ4v) is 2.60. The molecule has 2 aliphatic rings. The van der Waals surface area contributed by atoms with E-state index in [1.54, 1.807) is 0 Å². The van der Waals surface area contributed by atoms with Crippen molar-refractivity contribution >= 4 is 0 Å². The lowest BCUT2D eigenvalue weighted by Gasteiger charge is -2.28. The van der Waals surface area contributed by atoms with Crippen molar-refractivity contribution in [1.29, 1.82) is 0 Å². The van der Waals surface area contributed by atoms with Crippen LogP contribution in [0.25, 0.3) is 0 Å². The van der Waals surface area contributed by atoms with Gasteiger partial charge in [-0.3, -0.25) is 4.90 Å². The Bertz CT molecular complexity index is 268. The van der Waals surface area contributed by atoms with E-state index in [2.05, 4.69) is 42.1 Å². The number of likely N-dealkylation sites (tertiary alicyclic amines) is 1. The summed E-state index contributed by atoms with van der Waals surface area (Å²) in [5, 5.41) is 0. The van der Waals surface area contributed by atoms with Crippen LogP contribution in [0.1, 0.15) is 26.2 Å². The third-order valence-electron chi connectivity index (χ3n) is 3.40. The van der Waals surface area contributed by atoms with Crippen molar-refractivity contribution in [2.75, 3.05) is 26.7 Å². The van der Waals surface area contributed by atoms with E-state index in [-0.39, 0.29) is 0 Å². The highest BCUT2D eigenvalue weighted by atomic mass is 15.2. The summed E-state index contributed by atoms with van der Waals surface area (Å²) in [6.07, 6.45) is 10.9. The second-order valence-electron chi connectivity index (χ2n) is 4.67. The smallest absolute Gasteiger partial charge is 0.0359 e. The third kappa shape index (κ3) is 2.43. The van der Waals surface area contributed by atoms with E-state index in [4.69, 9.17) is 0 Å². The molecule has 0 aliphatic carbocycles. The van der Waals surface area contributed by atoms with Crippen LogP contribution in [0.2, 0.25) is 0 Å². The number of rotatable bonds is 3. The lowest BCUT2D eigenvalue weighted by Crippen LogP contribution is -2.30. The predicted octanol–water partition coefficient (Wildman–Crippen LogP) is 2.25. The van der Waals surface area contributed by atoms with Crippen molar-refractivity contribution in [1.82, 2.24) is 9.80 Å². The number of hydrogen-bond donors (Lipinski definition) is 0. The van der Waals surface area contributed by atoms with Crippen LogP contribution in [0.5, 0.6) is 0 Å². The van der Waals surface area contributed by atoms with Crippen LogP contribution >= 0.6 is 0 Å². The highest BCUT2D eigenvalue weighted by Crippen LogP contribution is 2.24. The zero-order chi connectivity index (χ0) is 10.7. The maximum absolute atomic E-state index is 2.48. The molecule has 15 heavy (non-hydrogen) atoms. The van der Waals surface area contributed by atoms with E-state index < -0.39 is 0 Å². The monoisotopic (exact) mass is 206 g/mol. The molecule has 1 unspecified atom stereocenters. The highest BCUT2D eigenvalue weighted by molar-refractivity contribution is 5.28. The fourth-order valence-electron chi connectivity index (χ4n) is 2.60. The Balaban J connectivity index is 2.04. The van der Waals surface area contributed by atoms with E-state index in [1.165, 1.54) is 37.9 Å². The third-order valence-corrected chi connectivity index (χ3v) is 3.40. The van der Waals surface area contributed by atoms with Gasteiger partial charge in [0.1, 0.15) is 0 Å². The average Bonchev–Trinajstić information content (AvgIpc) is 2.65. The van der Waals surface area contributed by atoms with Gasteiger partial charge in [0, 0.05) is 25.3 Å². The molecule has 1 atom stereocenters. The minimum Gasteiger partial charge on any atom is -0.373 e. The van der Waals surface area contributed by atoms with Crippen molar-refractivity contribution in [3.05, 3.63) is 23.9 Å². The normalized spacial score (nSPS) is 27.2. The molecule has 2 nitrogen and oxygen atoms in total. The number of nitrogens with zero attached hydrogens (tertiary/aromatic N) is 2. The minimum atomic E-state index is 0.668. The van der Waals surface area contributed by atoms with Gasteiger partial charge >= 0.3 is 0 Å². The fraction of sp³-hybridized carbons (Fsp3) is 0.692. The Hall–Kier alpha value is -0.760.